The monoisotopic (exact) mass is 340 g/mol. The molecule has 0 radical (unpaired) electrons. The Kier molecular flexibility index (Phi) is 5.94. The lowest BCUT2D eigenvalue weighted by molar-refractivity contribution is -0.128. The Balaban J connectivity index is 2.32. The maximum absolute atomic E-state index is 11.6. The van der Waals surface area contributed by atoms with Crippen LogP contribution in [0.5, 0.6) is 0 Å². The van der Waals surface area contributed by atoms with E-state index in [2.05, 4.69) is 9.98 Å². The molecular formula is C18H24N6O. The number of amides is 1. The number of allylic oxidation sites excluding steroid dienone is 1. The van der Waals surface area contributed by atoms with E-state index >= 15 is 0 Å². The Morgan fingerprint density at radius 1 is 1.36 bits per heavy atom. The molecule has 0 fully saturated rings. The van der Waals surface area contributed by atoms with Gasteiger partial charge < -0.3 is 22.1 Å². The summed E-state index contributed by atoms with van der Waals surface area (Å²) in [5, 5.41) is 0. The summed E-state index contributed by atoms with van der Waals surface area (Å²) < 4.78 is 0. The van der Waals surface area contributed by atoms with Gasteiger partial charge in [-0.15, -0.1) is 0 Å². The molecule has 0 aliphatic carbocycles. The molecule has 0 atom stereocenters. The number of nitrogens with two attached hydrogens (primary N) is 3. The van der Waals surface area contributed by atoms with Gasteiger partial charge in [0.1, 0.15) is 5.84 Å². The molecule has 132 valence electrons. The molecule has 0 saturated heterocycles. The average molecular weight is 340 g/mol. The first-order valence-corrected chi connectivity index (χ1v) is 7.98. The third-order valence-electron chi connectivity index (χ3n) is 4.02. The molecule has 0 saturated carbocycles. The molecule has 0 spiro atoms. The minimum absolute atomic E-state index is 0.00336. The van der Waals surface area contributed by atoms with Crippen LogP contribution >= 0.6 is 0 Å². The van der Waals surface area contributed by atoms with Crippen molar-refractivity contribution in [3.8, 4) is 0 Å². The van der Waals surface area contributed by atoms with Gasteiger partial charge in [-0.1, -0.05) is 12.1 Å². The first-order chi connectivity index (χ1) is 12.0. The van der Waals surface area contributed by atoms with Crippen LogP contribution in [0.1, 0.15) is 18.9 Å². The van der Waals surface area contributed by atoms with Crippen LogP contribution in [-0.2, 0) is 4.79 Å². The van der Waals surface area contributed by atoms with Crippen LogP contribution in [0.4, 0.5) is 5.69 Å². The summed E-state index contributed by atoms with van der Waals surface area (Å²) >= 11 is 0. The maximum Gasteiger partial charge on any atom is 0.219 e. The number of aliphatic imine (C=N–C) groups is 2. The molecule has 1 aromatic carbocycles. The molecular weight excluding hydrogens is 316 g/mol. The van der Waals surface area contributed by atoms with Crippen molar-refractivity contribution < 1.29 is 4.79 Å². The highest BCUT2D eigenvalue weighted by atomic mass is 16.2. The van der Waals surface area contributed by atoms with Crippen LogP contribution < -0.4 is 17.2 Å². The van der Waals surface area contributed by atoms with E-state index in [1.165, 1.54) is 13.1 Å². The second-order valence-electron chi connectivity index (χ2n) is 5.75. The van der Waals surface area contributed by atoms with E-state index in [1.807, 2.05) is 24.3 Å². The fourth-order valence-electron chi connectivity index (χ4n) is 2.61. The van der Waals surface area contributed by atoms with Crippen LogP contribution in [0.3, 0.4) is 0 Å². The Bertz CT molecular complexity index is 776. The third kappa shape index (κ3) is 4.47. The van der Waals surface area contributed by atoms with Crippen molar-refractivity contribution in [2.75, 3.05) is 20.1 Å². The molecule has 2 rings (SSSR count). The lowest BCUT2D eigenvalue weighted by Crippen LogP contribution is -2.40. The van der Waals surface area contributed by atoms with Crippen molar-refractivity contribution in [1.82, 2.24) is 4.90 Å². The molecule has 7 heteroatoms. The van der Waals surface area contributed by atoms with E-state index in [9.17, 15) is 4.79 Å². The Morgan fingerprint density at radius 3 is 2.76 bits per heavy atom. The van der Waals surface area contributed by atoms with Gasteiger partial charge in [-0.05, 0) is 17.7 Å². The molecule has 0 unspecified atom stereocenters. The van der Waals surface area contributed by atoms with Gasteiger partial charge in [-0.3, -0.25) is 9.79 Å². The number of amidine groups is 1. The van der Waals surface area contributed by atoms with Gasteiger partial charge in [0, 0.05) is 56.2 Å². The van der Waals surface area contributed by atoms with Crippen LogP contribution in [0, 0.1) is 0 Å². The van der Waals surface area contributed by atoms with Gasteiger partial charge in [0.15, 0.2) is 0 Å². The van der Waals surface area contributed by atoms with Crippen molar-refractivity contribution in [2.45, 2.75) is 13.3 Å². The van der Waals surface area contributed by atoms with E-state index in [4.69, 9.17) is 17.2 Å². The lowest BCUT2D eigenvalue weighted by atomic mass is 10.0. The van der Waals surface area contributed by atoms with Gasteiger partial charge in [0.05, 0.1) is 12.2 Å². The van der Waals surface area contributed by atoms with E-state index in [1.54, 1.807) is 18.2 Å². The smallest absolute Gasteiger partial charge is 0.219 e. The molecule has 0 bridgehead atoms. The summed E-state index contributed by atoms with van der Waals surface area (Å²) in [6.07, 6.45) is 3.77. The van der Waals surface area contributed by atoms with Crippen molar-refractivity contribution in [3.63, 3.8) is 0 Å². The molecule has 1 aromatic rings. The summed E-state index contributed by atoms with van der Waals surface area (Å²) in [4.78, 5) is 21.8. The van der Waals surface area contributed by atoms with E-state index < -0.39 is 0 Å². The summed E-state index contributed by atoms with van der Waals surface area (Å²) in [5.41, 5.74) is 21.6. The van der Waals surface area contributed by atoms with E-state index in [0.717, 1.165) is 11.1 Å². The van der Waals surface area contributed by atoms with E-state index in [-0.39, 0.29) is 5.91 Å². The Morgan fingerprint density at radius 2 is 2.12 bits per heavy atom. The highest BCUT2D eigenvalue weighted by Crippen LogP contribution is 2.21. The van der Waals surface area contributed by atoms with Gasteiger partial charge >= 0.3 is 0 Å². The highest BCUT2D eigenvalue weighted by molar-refractivity contribution is 6.10. The zero-order valence-corrected chi connectivity index (χ0v) is 14.6. The quantitative estimate of drug-likeness (QED) is 0.561. The predicted molar refractivity (Wildman–Crippen MR) is 102 cm³/mol. The van der Waals surface area contributed by atoms with Crippen LogP contribution in [0.15, 0.2) is 51.7 Å². The zero-order chi connectivity index (χ0) is 18.4. The topological polar surface area (TPSA) is 123 Å². The second kappa shape index (κ2) is 8.14. The van der Waals surface area contributed by atoms with Crippen molar-refractivity contribution in [1.29, 1.82) is 0 Å². The zero-order valence-electron chi connectivity index (χ0n) is 14.6. The summed E-state index contributed by atoms with van der Waals surface area (Å²) in [5.74, 6) is 0.319. The standard InChI is InChI=1S/C18H24N6O/c1-12(25)24-7-6-17(20)16(11-24)18(21)23-15-5-3-4-13(8-15)14(9-19)10-22-2/h3-5,8-10H,6-7,11,19-20H2,1-2H3,(H2,21,23). The van der Waals surface area contributed by atoms with Gasteiger partial charge in [0.2, 0.25) is 5.91 Å². The first-order valence-electron chi connectivity index (χ1n) is 7.98. The normalized spacial score (nSPS) is 16.6. The molecule has 6 N–H and O–H groups in total. The number of hydrogen-bond acceptors (Lipinski definition) is 5. The lowest BCUT2D eigenvalue weighted by Gasteiger charge is -2.28. The predicted octanol–water partition coefficient (Wildman–Crippen LogP) is 1.14. The minimum Gasteiger partial charge on any atom is -0.404 e. The van der Waals surface area contributed by atoms with Gasteiger partial charge in [-0.25, -0.2) is 4.99 Å². The number of carbonyl (C=O) groups excluding carboxylic acids is 1. The molecule has 1 aliphatic heterocycles. The summed E-state index contributed by atoms with van der Waals surface area (Å²) in [6, 6.07) is 7.50. The number of nitrogens with zero attached hydrogens (tertiary/aromatic N) is 3. The molecule has 0 aromatic heterocycles. The molecule has 1 aliphatic rings. The fourth-order valence-corrected chi connectivity index (χ4v) is 2.61. The molecule has 25 heavy (non-hydrogen) atoms. The number of hydrogen-bond donors (Lipinski definition) is 3. The fraction of sp³-hybridized carbons (Fsp3) is 0.278. The van der Waals surface area contributed by atoms with Gasteiger partial charge in [0.25, 0.3) is 0 Å². The van der Waals surface area contributed by atoms with Crippen molar-refractivity contribution in [3.05, 3.63) is 47.3 Å². The molecule has 7 nitrogen and oxygen atoms in total. The third-order valence-corrected chi connectivity index (χ3v) is 4.02. The second-order valence-corrected chi connectivity index (χ2v) is 5.75. The van der Waals surface area contributed by atoms with Crippen molar-refractivity contribution >= 4 is 29.2 Å². The average Bonchev–Trinajstić information content (AvgIpc) is 2.60. The summed E-state index contributed by atoms with van der Waals surface area (Å²) in [7, 11) is 1.68. The van der Waals surface area contributed by atoms with E-state index in [0.29, 0.717) is 42.3 Å². The van der Waals surface area contributed by atoms with Gasteiger partial charge in [-0.2, -0.15) is 0 Å². The SMILES string of the molecule is CN=CC(=CN)c1cccc(N=C(N)C2=C(N)CCN(C(C)=O)C2)c1. The van der Waals surface area contributed by atoms with Crippen LogP contribution in [0.25, 0.3) is 5.57 Å². The number of rotatable bonds is 4. The Labute approximate surface area is 147 Å². The maximum atomic E-state index is 11.6. The molecule has 1 heterocycles. The first kappa shape index (κ1) is 18.3. The largest absolute Gasteiger partial charge is 0.404 e. The van der Waals surface area contributed by atoms with Crippen LogP contribution in [0.2, 0.25) is 0 Å². The summed E-state index contributed by atoms with van der Waals surface area (Å²) in [6.45, 7) is 2.52. The highest BCUT2D eigenvalue weighted by Gasteiger charge is 2.21. The number of carbonyl (C=O) groups is 1. The van der Waals surface area contributed by atoms with Crippen LogP contribution in [-0.4, -0.2) is 43.0 Å². The molecule has 1 amide bonds. The van der Waals surface area contributed by atoms with Crippen molar-refractivity contribution in [2.24, 2.45) is 27.2 Å². The minimum atomic E-state index is -0.00336. The number of benzene rings is 1. The Hall–Kier alpha value is -3.09.